The molecule has 0 saturated carbocycles. The lowest BCUT2D eigenvalue weighted by atomic mass is 10.2. The Hall–Kier alpha value is -3.62. The van der Waals surface area contributed by atoms with E-state index >= 15 is 0 Å². The zero-order chi connectivity index (χ0) is 29.0. The van der Waals surface area contributed by atoms with E-state index in [1.807, 2.05) is 30.3 Å². The highest BCUT2D eigenvalue weighted by Gasteiger charge is 2.43. The number of nitrogen functional groups attached to an aromatic ring is 1. The molecule has 0 bridgehead atoms. The zero-order valence-electron chi connectivity index (χ0n) is 21.4. The van der Waals surface area contributed by atoms with Gasteiger partial charge in [-0.2, -0.15) is 9.97 Å². The van der Waals surface area contributed by atoms with E-state index in [4.69, 9.17) is 36.0 Å². The van der Waals surface area contributed by atoms with Gasteiger partial charge in [-0.1, -0.05) is 48.5 Å². The summed E-state index contributed by atoms with van der Waals surface area (Å²) in [5.41, 5.74) is 7.77. The number of anilines is 2. The molecule has 2 aromatic heterocycles. The summed E-state index contributed by atoms with van der Waals surface area (Å²) in [7, 11) is -4.95. The third kappa shape index (κ3) is 7.00. The van der Waals surface area contributed by atoms with E-state index in [0.29, 0.717) is 5.69 Å². The van der Waals surface area contributed by atoms with Crippen LogP contribution in [0.25, 0.3) is 11.2 Å². The fraction of sp³-hybridized carbons (Fsp3) is 0.280. The van der Waals surface area contributed by atoms with Gasteiger partial charge in [0.05, 0.1) is 25.2 Å². The van der Waals surface area contributed by atoms with Crippen LogP contribution in [0, 0.1) is 0 Å². The Morgan fingerprint density at radius 2 is 1.88 bits per heavy atom. The van der Waals surface area contributed by atoms with Crippen molar-refractivity contribution >= 4 is 48.1 Å². The minimum absolute atomic E-state index is 0.0172. The van der Waals surface area contributed by atoms with E-state index in [0.717, 1.165) is 5.56 Å². The number of phosphoric ester groups is 1. The number of carbonyl (C=O) groups excluding carboxylic acids is 1. The van der Waals surface area contributed by atoms with Gasteiger partial charge in [-0.25, -0.2) is 19.4 Å². The number of hydroxylamine groups is 1. The van der Waals surface area contributed by atoms with Gasteiger partial charge in [0.1, 0.15) is 30.5 Å². The third-order valence-electron chi connectivity index (χ3n) is 6.12. The monoisotopic (exact) mass is 604 g/mol. The van der Waals surface area contributed by atoms with E-state index in [1.165, 1.54) is 16.0 Å². The first-order chi connectivity index (χ1) is 19.7. The normalized spacial score (nSPS) is 20.1. The van der Waals surface area contributed by atoms with Crippen molar-refractivity contribution in [2.45, 2.75) is 31.5 Å². The number of halogens is 1. The maximum Gasteiger partial charge on any atom is 0.530 e. The number of benzene rings is 2. The second-order valence-corrected chi connectivity index (χ2v) is 10.6. The van der Waals surface area contributed by atoms with E-state index < -0.39 is 45.4 Å². The summed E-state index contributed by atoms with van der Waals surface area (Å²) in [6.07, 6.45) is -1.60. The van der Waals surface area contributed by atoms with Crippen LogP contribution in [0.15, 0.2) is 67.0 Å². The fourth-order valence-electron chi connectivity index (χ4n) is 4.27. The molecular weight excluding hydrogens is 579 g/mol. The predicted octanol–water partition coefficient (Wildman–Crippen LogP) is 3.01. The fourth-order valence-corrected chi connectivity index (χ4v) is 5.36. The Morgan fingerprint density at radius 3 is 2.59 bits per heavy atom. The van der Waals surface area contributed by atoms with Gasteiger partial charge in [0, 0.05) is 6.42 Å². The minimum atomic E-state index is -4.95. The van der Waals surface area contributed by atoms with Crippen LogP contribution in [0.4, 0.5) is 11.5 Å². The molecule has 1 saturated heterocycles. The molecule has 5 rings (SSSR count). The quantitative estimate of drug-likeness (QED) is 0.129. The van der Waals surface area contributed by atoms with Gasteiger partial charge in [-0.3, -0.25) is 18.8 Å². The number of imidazole rings is 1. The van der Waals surface area contributed by atoms with Crippen LogP contribution in [-0.2, 0) is 34.6 Å². The second kappa shape index (κ2) is 12.5. The summed E-state index contributed by atoms with van der Waals surface area (Å²) in [6.45, 7) is -0.921. The number of carbonyl (C=O) groups is 1. The largest absolute Gasteiger partial charge is 0.530 e. The summed E-state index contributed by atoms with van der Waals surface area (Å²) in [5, 5.41) is 11.0. The van der Waals surface area contributed by atoms with Crippen LogP contribution in [0.2, 0.25) is 5.28 Å². The van der Waals surface area contributed by atoms with Gasteiger partial charge in [-0.15, -0.1) is 0 Å². The maximum absolute atomic E-state index is 12.9. The summed E-state index contributed by atoms with van der Waals surface area (Å²) in [6, 6.07) is 18.0. The van der Waals surface area contributed by atoms with Crippen molar-refractivity contribution in [3.05, 3.63) is 77.8 Å². The molecule has 1 aliphatic heterocycles. The van der Waals surface area contributed by atoms with Crippen LogP contribution < -0.4 is 10.8 Å². The molecule has 216 valence electrons. The number of para-hydroxylation sites is 1. The molecule has 1 unspecified atom stereocenters. The lowest BCUT2D eigenvalue weighted by molar-refractivity contribution is -0.136. The molecule has 2 aromatic carbocycles. The molecule has 0 aliphatic carbocycles. The SMILES string of the molecule is Nc1nc(Cl)nc2c1ncn2[C@H]1C[C@H](OP(=O)(O)OC(=O)CN(OCc2ccccc2)c2ccccc2)[C@@H](CO)O1. The van der Waals surface area contributed by atoms with Crippen LogP contribution in [-0.4, -0.2) is 60.8 Å². The molecule has 1 fully saturated rings. The van der Waals surface area contributed by atoms with Gasteiger partial charge < -0.3 is 20.1 Å². The second-order valence-electron chi connectivity index (χ2n) is 8.96. The first kappa shape index (κ1) is 28.9. The number of nitrogens with two attached hydrogens (primary N) is 1. The number of aliphatic hydroxyl groups excluding tert-OH is 1. The third-order valence-corrected chi connectivity index (χ3v) is 7.26. The molecule has 41 heavy (non-hydrogen) atoms. The number of hydrogen-bond donors (Lipinski definition) is 3. The van der Waals surface area contributed by atoms with Crippen LogP contribution >= 0.6 is 19.4 Å². The average Bonchev–Trinajstić information content (AvgIpc) is 3.55. The van der Waals surface area contributed by atoms with Crippen molar-refractivity contribution in [2.24, 2.45) is 0 Å². The highest BCUT2D eigenvalue weighted by Crippen LogP contribution is 2.48. The van der Waals surface area contributed by atoms with Crippen LogP contribution in [0.5, 0.6) is 0 Å². The molecule has 4 N–H and O–H groups in total. The number of rotatable bonds is 11. The molecule has 14 nitrogen and oxygen atoms in total. The minimum Gasteiger partial charge on any atom is -0.394 e. The molecule has 0 radical (unpaired) electrons. The summed E-state index contributed by atoms with van der Waals surface area (Å²) in [4.78, 5) is 41.1. The zero-order valence-corrected chi connectivity index (χ0v) is 23.0. The van der Waals surface area contributed by atoms with Gasteiger partial charge in [0.25, 0.3) is 0 Å². The Balaban J connectivity index is 1.24. The average molecular weight is 605 g/mol. The lowest BCUT2D eigenvalue weighted by Crippen LogP contribution is -2.32. The van der Waals surface area contributed by atoms with Gasteiger partial charge in [0.2, 0.25) is 5.28 Å². The van der Waals surface area contributed by atoms with Crippen LogP contribution in [0.3, 0.4) is 0 Å². The molecule has 0 amide bonds. The number of hydrogen-bond acceptors (Lipinski definition) is 12. The van der Waals surface area contributed by atoms with Crippen molar-refractivity contribution in [3.8, 4) is 0 Å². The molecule has 4 atom stereocenters. The number of ether oxygens (including phenoxy) is 1. The van der Waals surface area contributed by atoms with E-state index in [2.05, 4.69) is 15.0 Å². The molecule has 0 spiro atoms. The summed E-state index contributed by atoms with van der Waals surface area (Å²) >= 11 is 5.93. The summed E-state index contributed by atoms with van der Waals surface area (Å²) < 4.78 is 30.3. The van der Waals surface area contributed by atoms with Crippen molar-refractivity contribution in [3.63, 3.8) is 0 Å². The molecule has 4 aromatic rings. The standard InChI is InChI=1S/C25H26ClN6O8P/c26-25-29-23(27)22-24(30-25)31(15-28-22)20-11-18(19(13-33)38-20)39-41(35,36)40-21(34)12-32(17-9-5-2-6-10-17)37-14-16-7-3-1-4-8-16/h1-10,15,18-20,33H,11-14H2,(H,35,36)(H2,27,29,30)/t18-,19+,20+/m0/s1. The molecule has 1 aliphatic rings. The van der Waals surface area contributed by atoms with Gasteiger partial charge >= 0.3 is 13.8 Å². The molecule has 3 heterocycles. The number of aliphatic hydroxyl groups is 1. The number of aromatic nitrogens is 4. The smallest absolute Gasteiger partial charge is 0.394 e. The van der Waals surface area contributed by atoms with Crippen LogP contribution in [0.1, 0.15) is 18.2 Å². The van der Waals surface area contributed by atoms with Crippen molar-refractivity contribution in [2.75, 3.05) is 23.9 Å². The maximum atomic E-state index is 12.9. The highest BCUT2D eigenvalue weighted by atomic mass is 35.5. The number of fused-ring (bicyclic) bond motifs is 1. The first-order valence-corrected chi connectivity index (χ1v) is 14.2. The topological polar surface area (TPSA) is 184 Å². The molecule has 16 heteroatoms. The Kier molecular flexibility index (Phi) is 8.80. The van der Waals surface area contributed by atoms with E-state index in [-0.39, 0.29) is 35.3 Å². The predicted molar refractivity (Wildman–Crippen MR) is 146 cm³/mol. The Labute approximate surface area is 238 Å². The van der Waals surface area contributed by atoms with E-state index in [9.17, 15) is 19.4 Å². The first-order valence-electron chi connectivity index (χ1n) is 12.4. The van der Waals surface area contributed by atoms with Crippen molar-refractivity contribution in [1.82, 2.24) is 19.5 Å². The van der Waals surface area contributed by atoms with E-state index in [1.54, 1.807) is 30.3 Å². The number of nitrogens with zero attached hydrogens (tertiary/aromatic N) is 5. The molecular formula is C25H26ClN6O8P. The van der Waals surface area contributed by atoms with Crippen molar-refractivity contribution < 1.29 is 38.0 Å². The summed E-state index contributed by atoms with van der Waals surface area (Å²) in [5.74, 6) is -1.02. The Morgan fingerprint density at radius 1 is 1.17 bits per heavy atom. The highest BCUT2D eigenvalue weighted by molar-refractivity contribution is 7.48. The Bertz CT molecular complexity index is 1550. The van der Waals surface area contributed by atoms with Gasteiger partial charge in [0.15, 0.2) is 11.5 Å². The number of phosphoric acid groups is 1. The van der Waals surface area contributed by atoms with Gasteiger partial charge in [-0.05, 0) is 29.3 Å². The lowest BCUT2D eigenvalue weighted by Gasteiger charge is -2.24. The van der Waals surface area contributed by atoms with Crippen molar-refractivity contribution in [1.29, 1.82) is 0 Å².